The van der Waals surface area contributed by atoms with Crippen LogP contribution in [0.4, 0.5) is 24.8 Å². The van der Waals surface area contributed by atoms with E-state index in [1.54, 1.807) is 22.0 Å². The fourth-order valence-corrected chi connectivity index (χ4v) is 5.44. The average molecular weight is 613 g/mol. The third-order valence-corrected chi connectivity index (χ3v) is 8.12. The Morgan fingerprint density at radius 3 is 2.60 bits per heavy atom. The summed E-state index contributed by atoms with van der Waals surface area (Å²) in [6, 6.07) is 2.42. The first kappa shape index (κ1) is 28.5. The summed E-state index contributed by atoms with van der Waals surface area (Å²) in [5, 5.41) is 6.45. The highest BCUT2D eigenvalue weighted by atomic mass is 35.5. The maximum Gasteiger partial charge on any atom is 0.291 e. The summed E-state index contributed by atoms with van der Waals surface area (Å²) in [6.45, 7) is 4.30. The van der Waals surface area contributed by atoms with Gasteiger partial charge < -0.3 is 5.32 Å². The first-order valence-electron chi connectivity index (χ1n) is 13.3. The summed E-state index contributed by atoms with van der Waals surface area (Å²) in [6.07, 6.45) is 2.41. The lowest BCUT2D eigenvalue weighted by Crippen LogP contribution is -2.30. The van der Waals surface area contributed by atoms with Gasteiger partial charge in [-0.3, -0.25) is 28.5 Å². The molecule has 1 saturated heterocycles. The fraction of sp³-hybridized carbons (Fsp3) is 0.321. The molecule has 6 rings (SSSR count). The van der Waals surface area contributed by atoms with Crippen LogP contribution in [-0.2, 0) is 11.8 Å². The molecule has 11 nitrogen and oxygen atoms in total. The van der Waals surface area contributed by atoms with Crippen molar-refractivity contribution in [3.05, 3.63) is 80.6 Å². The van der Waals surface area contributed by atoms with E-state index < -0.39 is 51.4 Å². The zero-order valence-electron chi connectivity index (χ0n) is 23.1. The van der Waals surface area contributed by atoms with Gasteiger partial charge in [0.2, 0.25) is 17.7 Å². The molecule has 2 amide bonds. The Labute approximate surface area is 247 Å². The van der Waals surface area contributed by atoms with Gasteiger partial charge in [0.1, 0.15) is 0 Å². The van der Waals surface area contributed by atoms with E-state index in [1.807, 2.05) is 13.8 Å². The second-order valence-corrected chi connectivity index (χ2v) is 11.0. The molecule has 0 radical (unpaired) electrons. The van der Waals surface area contributed by atoms with Gasteiger partial charge in [-0.25, -0.2) is 28.1 Å². The van der Waals surface area contributed by atoms with Crippen LogP contribution < -0.4 is 15.8 Å². The first-order chi connectivity index (χ1) is 20.4. The number of hydrogen-bond donors (Lipinski definition) is 1. The maximum atomic E-state index is 14.8. The predicted octanol–water partition coefficient (Wildman–Crippen LogP) is 4.32. The summed E-state index contributed by atoms with van der Waals surface area (Å²) in [5.74, 6) is -1.57. The summed E-state index contributed by atoms with van der Waals surface area (Å²) >= 11 is 5.81. The molecular formula is C28H24ClF3N8O3. The van der Waals surface area contributed by atoms with Gasteiger partial charge >= 0.3 is 0 Å². The van der Waals surface area contributed by atoms with Gasteiger partial charge in [0, 0.05) is 60.4 Å². The number of nitrogens with zero attached hydrogens (tertiary/aromatic N) is 7. The van der Waals surface area contributed by atoms with Crippen LogP contribution in [0.25, 0.3) is 11.3 Å². The molecule has 0 bridgehead atoms. The van der Waals surface area contributed by atoms with Crippen LogP contribution >= 0.6 is 11.6 Å². The van der Waals surface area contributed by atoms with E-state index >= 15 is 0 Å². The molecule has 1 unspecified atom stereocenters. The van der Waals surface area contributed by atoms with E-state index in [2.05, 4.69) is 25.4 Å². The molecule has 0 spiro atoms. The van der Waals surface area contributed by atoms with Crippen LogP contribution in [0, 0.1) is 24.6 Å². The highest BCUT2D eigenvalue weighted by molar-refractivity contribution is 6.31. The Bertz CT molecular complexity index is 1860. The van der Waals surface area contributed by atoms with Crippen LogP contribution in [0.2, 0.25) is 5.02 Å². The number of halogens is 4. The third kappa shape index (κ3) is 5.05. The molecule has 4 aromatic rings. The lowest BCUT2D eigenvalue weighted by Gasteiger charge is -2.19. The van der Waals surface area contributed by atoms with Crippen molar-refractivity contribution in [2.75, 3.05) is 16.8 Å². The zero-order valence-corrected chi connectivity index (χ0v) is 23.8. The number of fused-ring (bicyclic) bond motifs is 1. The normalized spacial score (nSPS) is 18.2. The number of piperidine rings is 1. The van der Waals surface area contributed by atoms with Crippen molar-refractivity contribution in [1.82, 2.24) is 29.3 Å². The van der Waals surface area contributed by atoms with Crippen molar-refractivity contribution < 1.29 is 22.8 Å². The molecule has 1 aromatic carbocycles. The predicted molar refractivity (Wildman–Crippen MR) is 150 cm³/mol. The van der Waals surface area contributed by atoms with Crippen molar-refractivity contribution in [2.45, 2.75) is 32.7 Å². The molecule has 3 atom stereocenters. The minimum Gasteiger partial charge on any atom is -0.317 e. The van der Waals surface area contributed by atoms with Crippen molar-refractivity contribution in [1.29, 1.82) is 0 Å². The Kier molecular flexibility index (Phi) is 7.03. The van der Waals surface area contributed by atoms with Crippen LogP contribution in [0.15, 0.2) is 41.6 Å². The second kappa shape index (κ2) is 10.6. The number of alkyl halides is 2. The Balaban J connectivity index is 1.23. The molecular weight excluding hydrogens is 589 g/mol. The van der Waals surface area contributed by atoms with Crippen molar-refractivity contribution in [2.24, 2.45) is 18.9 Å². The average Bonchev–Trinajstić information content (AvgIpc) is 3.46. The number of aromatic nitrogens is 6. The standard InChI is InChI=1S/C28H24ClF3N8O3/c1-12-18(9-33-28(35-12)39-10-14-6-17(14)27(39)43)13(2)40-11-15(8-34-40)36-26(42)25-37-20(7-21(41)38(25)3)22-16(24(31)32)4-5-19(29)23(22)30/h4-5,7-9,11,13-14,17,24H,6,10H2,1-3H3,(H,36,42)/t13?,14-,17-/m1/s1. The number of rotatable bonds is 7. The van der Waals surface area contributed by atoms with Gasteiger partial charge in [-0.15, -0.1) is 0 Å². The Morgan fingerprint density at radius 1 is 1.16 bits per heavy atom. The van der Waals surface area contributed by atoms with Crippen molar-refractivity contribution >= 4 is 35.1 Å². The molecule has 1 aliphatic heterocycles. The highest BCUT2D eigenvalue weighted by Crippen LogP contribution is 2.46. The number of benzene rings is 1. The zero-order chi connectivity index (χ0) is 30.7. The van der Waals surface area contributed by atoms with Crippen molar-refractivity contribution in [3.63, 3.8) is 0 Å². The topological polar surface area (TPSA) is 128 Å². The molecule has 1 aliphatic carbocycles. The minimum atomic E-state index is -3.09. The molecule has 43 heavy (non-hydrogen) atoms. The minimum absolute atomic E-state index is 0.0577. The maximum absolute atomic E-state index is 14.8. The number of nitrogens with one attached hydrogen (secondary N) is 1. The molecule has 1 saturated carbocycles. The summed E-state index contributed by atoms with van der Waals surface area (Å²) < 4.78 is 44.6. The SMILES string of the molecule is Cc1nc(N2C[C@H]3C[C@H]3C2=O)ncc1C(C)n1cc(NC(=O)c2nc(-c3c(C(F)F)ccc(Cl)c3F)cc(=O)n2C)cn1. The molecule has 2 fully saturated rings. The summed E-state index contributed by atoms with van der Waals surface area (Å²) in [5.41, 5.74) is -0.956. The van der Waals surface area contributed by atoms with Crippen LogP contribution in [0.1, 0.15) is 53.3 Å². The van der Waals surface area contributed by atoms with Gasteiger partial charge in [-0.2, -0.15) is 5.10 Å². The smallest absolute Gasteiger partial charge is 0.291 e. The third-order valence-electron chi connectivity index (χ3n) is 7.83. The van der Waals surface area contributed by atoms with Gasteiger partial charge in [-0.1, -0.05) is 17.7 Å². The van der Waals surface area contributed by atoms with E-state index in [-0.39, 0.29) is 23.6 Å². The van der Waals surface area contributed by atoms with Crippen LogP contribution in [0.3, 0.4) is 0 Å². The second-order valence-electron chi connectivity index (χ2n) is 10.6. The quantitative estimate of drug-likeness (QED) is 0.329. The number of amides is 2. The van der Waals surface area contributed by atoms with Crippen molar-refractivity contribution in [3.8, 4) is 11.3 Å². The molecule has 1 N–H and O–H groups in total. The lowest BCUT2D eigenvalue weighted by atomic mass is 10.0. The number of carbonyl (C=O) groups excluding carboxylic acids is 2. The molecule has 4 heterocycles. The van der Waals surface area contributed by atoms with E-state index in [0.29, 0.717) is 24.1 Å². The van der Waals surface area contributed by atoms with E-state index in [9.17, 15) is 27.6 Å². The summed E-state index contributed by atoms with van der Waals surface area (Å²) in [7, 11) is 1.27. The number of anilines is 2. The van der Waals surface area contributed by atoms with E-state index in [1.165, 1.54) is 13.2 Å². The first-order valence-corrected chi connectivity index (χ1v) is 13.7. The lowest BCUT2D eigenvalue weighted by molar-refractivity contribution is -0.118. The molecule has 3 aromatic heterocycles. The monoisotopic (exact) mass is 612 g/mol. The molecule has 15 heteroatoms. The van der Waals surface area contributed by atoms with Gasteiger partial charge in [0.25, 0.3) is 17.9 Å². The summed E-state index contributed by atoms with van der Waals surface area (Å²) in [4.78, 5) is 52.8. The Hall–Kier alpha value is -4.59. The van der Waals surface area contributed by atoms with E-state index in [0.717, 1.165) is 34.8 Å². The Morgan fingerprint density at radius 2 is 1.93 bits per heavy atom. The van der Waals surface area contributed by atoms with Gasteiger partial charge in [-0.05, 0) is 32.3 Å². The number of hydrogen-bond acceptors (Lipinski definition) is 7. The van der Waals surface area contributed by atoms with Crippen LogP contribution in [0.5, 0.6) is 0 Å². The number of carbonyl (C=O) groups is 2. The molecule has 2 aliphatic rings. The number of aryl methyl sites for hydroxylation is 1. The highest BCUT2D eigenvalue weighted by Gasteiger charge is 2.53. The fourth-order valence-electron chi connectivity index (χ4n) is 5.28. The van der Waals surface area contributed by atoms with Gasteiger partial charge in [0.05, 0.1) is 28.6 Å². The van der Waals surface area contributed by atoms with Gasteiger partial charge in [0.15, 0.2) is 5.82 Å². The molecule has 222 valence electrons. The van der Waals surface area contributed by atoms with E-state index in [4.69, 9.17) is 11.6 Å². The van der Waals surface area contributed by atoms with Crippen LogP contribution in [-0.4, -0.2) is 47.7 Å². The largest absolute Gasteiger partial charge is 0.317 e.